The minimum atomic E-state index is -3.92. The van der Waals surface area contributed by atoms with Gasteiger partial charge in [0.1, 0.15) is 6.10 Å². The molecule has 194 valence electrons. The molecule has 3 rings (SSSR count). The van der Waals surface area contributed by atoms with Crippen LogP contribution in [0.3, 0.4) is 0 Å². The zero-order valence-electron chi connectivity index (χ0n) is 21.6. The van der Waals surface area contributed by atoms with E-state index in [9.17, 15) is 17.2 Å². The van der Waals surface area contributed by atoms with Crippen LogP contribution in [0.5, 0.6) is 0 Å². The van der Waals surface area contributed by atoms with Gasteiger partial charge >= 0.3 is 0 Å². The van der Waals surface area contributed by atoms with Crippen molar-refractivity contribution in [3.05, 3.63) is 65.0 Å². The summed E-state index contributed by atoms with van der Waals surface area (Å²) in [6.45, 7) is 13.2. The van der Waals surface area contributed by atoms with E-state index in [0.717, 1.165) is 12.3 Å². The molecule has 1 aliphatic rings. The third-order valence-electron chi connectivity index (χ3n) is 7.30. The van der Waals surface area contributed by atoms with Gasteiger partial charge in [0.15, 0.2) is 11.6 Å². The van der Waals surface area contributed by atoms with Crippen LogP contribution in [0.1, 0.15) is 89.3 Å². The van der Waals surface area contributed by atoms with Crippen LogP contribution < -0.4 is 0 Å². The first kappa shape index (κ1) is 27.9. The van der Waals surface area contributed by atoms with Gasteiger partial charge in [-0.05, 0) is 47.2 Å². The lowest BCUT2D eigenvalue weighted by atomic mass is 9.87. The molecular weight excluding hydrogens is 488 g/mol. The van der Waals surface area contributed by atoms with Crippen LogP contribution in [-0.2, 0) is 18.7 Å². The van der Waals surface area contributed by atoms with Crippen molar-refractivity contribution < 1.29 is 25.8 Å². The fraction of sp³-hybridized carbons (Fsp3) is 0.577. The Balaban J connectivity index is 2.19. The molecule has 1 aromatic carbocycles. The van der Waals surface area contributed by atoms with Crippen LogP contribution in [0.4, 0.5) is 8.78 Å². The van der Waals surface area contributed by atoms with Gasteiger partial charge in [-0.1, -0.05) is 59.7 Å². The lowest BCUT2D eigenvalue weighted by Gasteiger charge is -2.44. The zero-order chi connectivity index (χ0) is 26.1. The number of nitrogens with zero attached hydrogens (tertiary/aromatic N) is 1. The molecule has 0 bridgehead atoms. The Morgan fingerprint density at radius 1 is 0.943 bits per heavy atom. The maximum atomic E-state index is 15.0. The number of rotatable bonds is 8. The van der Waals surface area contributed by atoms with E-state index in [1.807, 2.05) is 0 Å². The number of aromatic nitrogens is 1. The summed E-state index contributed by atoms with van der Waals surface area (Å²) in [6, 6.07) is 7.44. The summed E-state index contributed by atoms with van der Waals surface area (Å²) in [7, 11) is -6.24. The lowest BCUT2D eigenvalue weighted by Crippen LogP contribution is -2.48. The van der Waals surface area contributed by atoms with Crippen LogP contribution >= 0.6 is 0 Å². The van der Waals surface area contributed by atoms with Gasteiger partial charge in [-0.15, -0.1) is 0 Å². The molecule has 0 radical (unpaired) electrons. The predicted octanol–water partition coefficient (Wildman–Crippen LogP) is 7.19. The molecule has 2 aromatic rings. The molecular formula is C26H37F2NO4SSi. The van der Waals surface area contributed by atoms with Crippen LogP contribution in [0.15, 0.2) is 36.5 Å². The molecule has 0 aliphatic heterocycles. The molecule has 5 nitrogen and oxygen atoms in total. The minimum Gasteiger partial charge on any atom is -0.408 e. The quantitative estimate of drug-likeness (QED) is 0.207. The Labute approximate surface area is 209 Å². The third-order valence-corrected chi connectivity index (χ3v) is 14.0. The lowest BCUT2D eigenvalue weighted by molar-refractivity contribution is 0.154. The molecule has 1 aliphatic carbocycles. The maximum Gasteiger partial charge on any atom is 0.264 e. The van der Waals surface area contributed by atoms with Crippen molar-refractivity contribution in [1.82, 2.24) is 4.98 Å². The molecule has 0 saturated carbocycles. The second-order valence-corrected chi connectivity index (χ2v) is 17.5. The molecule has 9 heteroatoms. The van der Waals surface area contributed by atoms with Crippen LogP contribution in [0.2, 0.25) is 16.6 Å². The van der Waals surface area contributed by atoms with Gasteiger partial charge in [-0.2, -0.15) is 8.42 Å². The molecule has 2 unspecified atom stereocenters. The topological polar surface area (TPSA) is 65.5 Å². The molecule has 1 heterocycles. The van der Waals surface area contributed by atoms with E-state index in [4.69, 9.17) is 8.61 Å². The van der Waals surface area contributed by atoms with Gasteiger partial charge in [0.25, 0.3) is 10.1 Å². The smallest absolute Gasteiger partial charge is 0.264 e. The van der Waals surface area contributed by atoms with Crippen LogP contribution in [0.25, 0.3) is 0 Å². The fourth-order valence-corrected chi connectivity index (χ4v) is 12.1. The van der Waals surface area contributed by atoms with Crippen molar-refractivity contribution in [2.75, 3.05) is 6.26 Å². The molecule has 35 heavy (non-hydrogen) atoms. The standard InChI is InChI=1S/C26H37F2NO4SSi/c1-16(2)35(17(3)4,18(5)6)33-23-14-13-20(19-10-8-12-22(27)24(19)28)26(32-34(7,30)31)21-11-9-15-29-25(21)23/h8-12,15-18,20,23,26H,13-14H2,1-7H3/t20?,23-,26?/m1/s1. The van der Waals surface area contributed by atoms with E-state index in [-0.39, 0.29) is 5.56 Å². The molecule has 0 N–H and O–H groups in total. The highest BCUT2D eigenvalue weighted by Crippen LogP contribution is 2.51. The van der Waals surface area contributed by atoms with Gasteiger partial charge in [-0.3, -0.25) is 9.17 Å². The summed E-state index contributed by atoms with van der Waals surface area (Å²) < 4.78 is 66.4. The van der Waals surface area contributed by atoms with Gasteiger partial charge in [-0.25, -0.2) is 8.78 Å². The number of pyridine rings is 1. The zero-order valence-corrected chi connectivity index (χ0v) is 23.4. The maximum absolute atomic E-state index is 15.0. The Bertz CT molecular complexity index is 1120. The average Bonchev–Trinajstić information content (AvgIpc) is 2.89. The molecule has 0 fully saturated rings. The normalized spacial score (nSPS) is 21.4. The van der Waals surface area contributed by atoms with Crippen molar-refractivity contribution in [3.63, 3.8) is 0 Å². The predicted molar refractivity (Wildman–Crippen MR) is 136 cm³/mol. The van der Waals surface area contributed by atoms with E-state index in [1.54, 1.807) is 18.3 Å². The first-order valence-electron chi connectivity index (χ1n) is 12.2. The van der Waals surface area contributed by atoms with Gasteiger partial charge in [0.2, 0.25) is 8.32 Å². The summed E-state index contributed by atoms with van der Waals surface area (Å²) in [6.07, 6.45) is 1.99. The molecule has 3 atom stereocenters. The summed E-state index contributed by atoms with van der Waals surface area (Å²) in [5.41, 5.74) is 2.23. The monoisotopic (exact) mass is 525 g/mol. The summed E-state index contributed by atoms with van der Waals surface area (Å²) in [4.78, 5) is 4.63. The fourth-order valence-electron chi connectivity index (χ4n) is 5.98. The molecule has 1 aromatic heterocycles. The number of hydrogen-bond donors (Lipinski definition) is 0. The number of benzene rings is 1. The van der Waals surface area contributed by atoms with E-state index < -0.39 is 48.2 Å². The first-order valence-corrected chi connectivity index (χ1v) is 16.2. The second kappa shape index (κ2) is 10.7. The average molecular weight is 526 g/mol. The Morgan fingerprint density at radius 2 is 1.54 bits per heavy atom. The van der Waals surface area contributed by atoms with Gasteiger partial charge < -0.3 is 4.43 Å². The number of halogens is 2. The highest BCUT2D eigenvalue weighted by molar-refractivity contribution is 7.86. The van der Waals surface area contributed by atoms with Crippen molar-refractivity contribution in [2.24, 2.45) is 0 Å². The molecule has 0 saturated heterocycles. The minimum absolute atomic E-state index is 0.0918. The highest BCUT2D eigenvalue weighted by atomic mass is 32.2. The Hall–Kier alpha value is -1.68. The largest absolute Gasteiger partial charge is 0.408 e. The van der Waals surface area contributed by atoms with Crippen LogP contribution in [0, 0.1) is 11.6 Å². The summed E-state index contributed by atoms with van der Waals surface area (Å²) in [5.74, 6) is -2.69. The van der Waals surface area contributed by atoms with Crippen LogP contribution in [-0.4, -0.2) is 28.0 Å². The SMILES string of the molecule is CC(C)[Si](O[C@@H]1CCC(c2cccc(F)c2F)C(OS(C)(=O)=O)c2cccnc21)(C(C)C)C(C)C. The number of hydrogen-bond acceptors (Lipinski definition) is 5. The summed E-state index contributed by atoms with van der Waals surface area (Å²) in [5, 5.41) is 0. The third kappa shape index (κ3) is 5.68. The van der Waals surface area contributed by atoms with Crippen molar-refractivity contribution in [2.45, 2.75) is 89.1 Å². The van der Waals surface area contributed by atoms with E-state index in [0.29, 0.717) is 40.7 Å². The van der Waals surface area contributed by atoms with E-state index in [1.165, 1.54) is 12.1 Å². The van der Waals surface area contributed by atoms with Gasteiger partial charge in [0, 0.05) is 17.7 Å². The first-order chi connectivity index (χ1) is 16.3. The Morgan fingerprint density at radius 3 is 2.11 bits per heavy atom. The number of fused-ring (bicyclic) bond motifs is 1. The van der Waals surface area contributed by atoms with E-state index in [2.05, 4.69) is 46.5 Å². The second-order valence-electron chi connectivity index (χ2n) is 10.4. The highest BCUT2D eigenvalue weighted by Gasteiger charge is 2.48. The molecule has 0 amide bonds. The molecule has 0 spiro atoms. The van der Waals surface area contributed by atoms with Gasteiger partial charge in [0.05, 0.1) is 18.1 Å². The summed E-state index contributed by atoms with van der Waals surface area (Å²) >= 11 is 0. The van der Waals surface area contributed by atoms with Crippen molar-refractivity contribution in [1.29, 1.82) is 0 Å². The Kier molecular flexibility index (Phi) is 8.56. The van der Waals surface area contributed by atoms with Crippen molar-refractivity contribution >= 4 is 18.4 Å². The van der Waals surface area contributed by atoms with Crippen molar-refractivity contribution in [3.8, 4) is 0 Å². The van der Waals surface area contributed by atoms with E-state index >= 15 is 0 Å².